The van der Waals surface area contributed by atoms with Gasteiger partial charge in [0.05, 0.1) is 6.61 Å². The molecule has 1 aromatic carbocycles. The Bertz CT molecular complexity index is 308. The van der Waals surface area contributed by atoms with Crippen LogP contribution < -0.4 is 5.73 Å². The molecular weight excluding hydrogens is 217 g/mol. The second-order valence-corrected chi connectivity index (χ2v) is 4.27. The molecule has 17 heavy (non-hydrogen) atoms. The van der Waals surface area contributed by atoms with E-state index in [0.29, 0.717) is 17.9 Å². The highest BCUT2D eigenvalue weighted by Gasteiger charge is 2.05. The average Bonchev–Trinajstić information content (AvgIpc) is 2.31. The Balaban J connectivity index is 2.18. The van der Waals surface area contributed by atoms with Crippen LogP contribution >= 0.6 is 0 Å². The van der Waals surface area contributed by atoms with Crippen LogP contribution in [-0.2, 0) is 11.3 Å². The molecule has 0 fully saturated rings. The molecule has 0 aliphatic carbocycles. The Labute approximate surface area is 103 Å². The summed E-state index contributed by atoms with van der Waals surface area (Å²) in [4.78, 5) is 0. The first-order chi connectivity index (χ1) is 8.25. The zero-order chi connectivity index (χ0) is 12.5. The third kappa shape index (κ3) is 5.18. The summed E-state index contributed by atoms with van der Waals surface area (Å²) in [6.07, 6.45) is 5.99. The number of benzene rings is 1. The van der Waals surface area contributed by atoms with E-state index >= 15 is 0 Å². The molecule has 96 valence electrons. The lowest BCUT2D eigenvalue weighted by atomic mass is 10.1. The van der Waals surface area contributed by atoms with Crippen molar-refractivity contribution in [2.45, 2.75) is 45.6 Å². The van der Waals surface area contributed by atoms with E-state index in [9.17, 15) is 4.39 Å². The van der Waals surface area contributed by atoms with Crippen molar-refractivity contribution < 1.29 is 9.13 Å². The molecule has 1 rings (SSSR count). The zero-order valence-corrected chi connectivity index (χ0v) is 10.5. The standard InChI is InChI=1S/C14H22FNO/c1-2-3-4-5-6-10-17-11-12-13(15)8-7-9-14(12)16/h7-9H,2-6,10-11,16H2,1H3. The van der Waals surface area contributed by atoms with E-state index in [-0.39, 0.29) is 12.4 Å². The maximum absolute atomic E-state index is 13.4. The number of rotatable bonds is 8. The van der Waals surface area contributed by atoms with Crippen molar-refractivity contribution in [3.05, 3.63) is 29.6 Å². The molecule has 2 N–H and O–H groups in total. The van der Waals surface area contributed by atoms with Crippen LogP contribution in [0.3, 0.4) is 0 Å². The lowest BCUT2D eigenvalue weighted by molar-refractivity contribution is 0.115. The number of unbranched alkanes of at least 4 members (excludes halogenated alkanes) is 4. The van der Waals surface area contributed by atoms with Gasteiger partial charge in [0.15, 0.2) is 0 Å². The Morgan fingerprint density at radius 2 is 1.94 bits per heavy atom. The van der Waals surface area contributed by atoms with E-state index in [1.807, 2.05) is 0 Å². The number of hydrogen-bond acceptors (Lipinski definition) is 2. The first-order valence-electron chi connectivity index (χ1n) is 6.36. The quantitative estimate of drug-likeness (QED) is 0.551. The second kappa shape index (κ2) is 8.07. The van der Waals surface area contributed by atoms with Crippen molar-refractivity contribution in [1.29, 1.82) is 0 Å². The number of halogens is 1. The van der Waals surface area contributed by atoms with E-state index in [1.54, 1.807) is 12.1 Å². The molecular formula is C14H22FNO. The monoisotopic (exact) mass is 239 g/mol. The highest BCUT2D eigenvalue weighted by atomic mass is 19.1. The number of nitrogens with two attached hydrogens (primary N) is 1. The maximum Gasteiger partial charge on any atom is 0.130 e. The van der Waals surface area contributed by atoms with Crippen molar-refractivity contribution in [2.24, 2.45) is 0 Å². The Hall–Kier alpha value is -1.09. The molecule has 0 aromatic heterocycles. The van der Waals surface area contributed by atoms with Crippen LogP contribution in [0, 0.1) is 5.82 Å². The summed E-state index contributed by atoms with van der Waals surface area (Å²) < 4.78 is 18.8. The van der Waals surface area contributed by atoms with Gasteiger partial charge in [-0.15, -0.1) is 0 Å². The van der Waals surface area contributed by atoms with Crippen LogP contribution in [0.15, 0.2) is 18.2 Å². The van der Waals surface area contributed by atoms with Crippen LogP contribution in [-0.4, -0.2) is 6.61 Å². The fourth-order valence-corrected chi connectivity index (χ4v) is 1.71. The van der Waals surface area contributed by atoms with Gasteiger partial charge >= 0.3 is 0 Å². The van der Waals surface area contributed by atoms with Gasteiger partial charge in [-0.3, -0.25) is 0 Å². The van der Waals surface area contributed by atoms with Gasteiger partial charge in [0, 0.05) is 17.9 Å². The number of anilines is 1. The summed E-state index contributed by atoms with van der Waals surface area (Å²) in [5.74, 6) is -0.281. The largest absolute Gasteiger partial charge is 0.398 e. The molecule has 0 saturated heterocycles. The maximum atomic E-state index is 13.4. The summed E-state index contributed by atoms with van der Waals surface area (Å²) in [7, 11) is 0. The van der Waals surface area contributed by atoms with E-state index in [2.05, 4.69) is 6.92 Å². The molecule has 0 heterocycles. The SMILES string of the molecule is CCCCCCCOCc1c(N)cccc1F. The predicted octanol–water partition coefficient (Wildman–Crippen LogP) is 3.89. The van der Waals surface area contributed by atoms with Crippen molar-refractivity contribution in [2.75, 3.05) is 12.3 Å². The van der Waals surface area contributed by atoms with Crippen LogP contribution in [0.4, 0.5) is 10.1 Å². The highest BCUT2D eigenvalue weighted by molar-refractivity contribution is 5.46. The van der Waals surface area contributed by atoms with Crippen molar-refractivity contribution in [3.63, 3.8) is 0 Å². The molecule has 2 nitrogen and oxygen atoms in total. The minimum absolute atomic E-state index is 0.270. The minimum atomic E-state index is -0.281. The molecule has 0 bridgehead atoms. The Morgan fingerprint density at radius 1 is 1.18 bits per heavy atom. The third-order valence-electron chi connectivity index (χ3n) is 2.79. The van der Waals surface area contributed by atoms with Gasteiger partial charge in [0.25, 0.3) is 0 Å². The minimum Gasteiger partial charge on any atom is -0.398 e. The van der Waals surface area contributed by atoms with Crippen LogP contribution in [0.2, 0.25) is 0 Å². The summed E-state index contributed by atoms with van der Waals surface area (Å²) >= 11 is 0. The van der Waals surface area contributed by atoms with Crippen molar-refractivity contribution in [3.8, 4) is 0 Å². The van der Waals surface area contributed by atoms with Gasteiger partial charge in [0.1, 0.15) is 5.82 Å². The van der Waals surface area contributed by atoms with Gasteiger partial charge < -0.3 is 10.5 Å². The number of hydrogen-bond donors (Lipinski definition) is 1. The summed E-state index contributed by atoms with van der Waals surface area (Å²) in [6, 6.07) is 4.72. The molecule has 3 heteroatoms. The summed E-state index contributed by atoms with van der Waals surface area (Å²) in [6.45, 7) is 3.14. The topological polar surface area (TPSA) is 35.2 Å². The number of nitrogen functional groups attached to an aromatic ring is 1. The number of ether oxygens (including phenoxy) is 1. The lowest BCUT2D eigenvalue weighted by Gasteiger charge is -2.08. The van der Waals surface area contributed by atoms with Gasteiger partial charge in [-0.2, -0.15) is 0 Å². The van der Waals surface area contributed by atoms with E-state index in [4.69, 9.17) is 10.5 Å². The molecule has 0 aliphatic heterocycles. The molecule has 0 spiro atoms. The Morgan fingerprint density at radius 3 is 2.65 bits per heavy atom. The first kappa shape index (κ1) is 14.0. The van der Waals surface area contributed by atoms with Gasteiger partial charge in [-0.1, -0.05) is 38.7 Å². The Kier molecular flexibility index (Phi) is 6.63. The predicted molar refractivity (Wildman–Crippen MR) is 69.2 cm³/mol. The van der Waals surface area contributed by atoms with Crippen LogP contribution in [0.5, 0.6) is 0 Å². The van der Waals surface area contributed by atoms with E-state index in [1.165, 1.54) is 31.7 Å². The molecule has 0 unspecified atom stereocenters. The van der Waals surface area contributed by atoms with Crippen LogP contribution in [0.1, 0.15) is 44.6 Å². The van der Waals surface area contributed by atoms with Crippen LogP contribution in [0.25, 0.3) is 0 Å². The third-order valence-corrected chi connectivity index (χ3v) is 2.79. The normalized spacial score (nSPS) is 10.7. The molecule has 0 amide bonds. The van der Waals surface area contributed by atoms with Gasteiger partial charge in [-0.05, 0) is 18.6 Å². The first-order valence-corrected chi connectivity index (χ1v) is 6.36. The highest BCUT2D eigenvalue weighted by Crippen LogP contribution is 2.16. The fraction of sp³-hybridized carbons (Fsp3) is 0.571. The smallest absolute Gasteiger partial charge is 0.130 e. The molecule has 0 aliphatic rings. The van der Waals surface area contributed by atoms with Crippen molar-refractivity contribution in [1.82, 2.24) is 0 Å². The molecule has 0 saturated carbocycles. The van der Waals surface area contributed by atoms with E-state index in [0.717, 1.165) is 6.42 Å². The van der Waals surface area contributed by atoms with Crippen molar-refractivity contribution >= 4 is 5.69 Å². The van der Waals surface area contributed by atoms with Gasteiger partial charge in [-0.25, -0.2) is 4.39 Å². The second-order valence-electron chi connectivity index (χ2n) is 4.27. The van der Waals surface area contributed by atoms with Gasteiger partial charge in [0.2, 0.25) is 0 Å². The lowest BCUT2D eigenvalue weighted by Crippen LogP contribution is -2.02. The van der Waals surface area contributed by atoms with E-state index < -0.39 is 0 Å². The zero-order valence-electron chi connectivity index (χ0n) is 10.5. The molecule has 0 radical (unpaired) electrons. The average molecular weight is 239 g/mol. The summed E-state index contributed by atoms with van der Waals surface area (Å²) in [5.41, 5.74) is 6.62. The molecule has 0 atom stereocenters. The summed E-state index contributed by atoms with van der Waals surface area (Å²) in [5, 5.41) is 0. The fourth-order valence-electron chi connectivity index (χ4n) is 1.71. The molecule has 1 aromatic rings.